The normalized spacial score (nSPS) is 15.4. The molecule has 1 fully saturated rings. The minimum atomic E-state index is -0.410. The van der Waals surface area contributed by atoms with Crippen molar-refractivity contribution >= 4 is 33.3 Å². The highest BCUT2D eigenvalue weighted by Crippen LogP contribution is 2.38. The molecule has 0 unspecified atom stereocenters. The molecule has 6 rings (SSSR count). The van der Waals surface area contributed by atoms with E-state index in [1.165, 1.54) is 6.33 Å². The third-order valence-electron chi connectivity index (χ3n) is 6.97. The Balaban J connectivity index is 1.45. The third-order valence-corrected chi connectivity index (χ3v) is 6.97. The highest BCUT2D eigenvalue weighted by molar-refractivity contribution is 5.99. The van der Waals surface area contributed by atoms with Gasteiger partial charge >= 0.3 is 0 Å². The Morgan fingerprint density at radius 1 is 1.13 bits per heavy atom. The first-order valence-corrected chi connectivity index (χ1v) is 12.5. The Morgan fingerprint density at radius 3 is 2.79 bits per heavy atom. The van der Waals surface area contributed by atoms with Gasteiger partial charge in [0.1, 0.15) is 24.0 Å². The zero-order chi connectivity index (χ0) is 26.2. The summed E-state index contributed by atoms with van der Waals surface area (Å²) in [5.41, 5.74) is 3.20. The van der Waals surface area contributed by atoms with Crippen molar-refractivity contribution in [3.05, 3.63) is 67.1 Å². The van der Waals surface area contributed by atoms with Crippen molar-refractivity contribution in [3.8, 4) is 16.9 Å². The second kappa shape index (κ2) is 9.96. The largest absolute Gasteiger partial charge is 0.489 e. The lowest BCUT2D eigenvalue weighted by atomic mass is 10.0. The van der Waals surface area contributed by atoms with Gasteiger partial charge in [-0.1, -0.05) is 0 Å². The topological polar surface area (TPSA) is 107 Å². The Bertz CT molecular complexity index is 1620. The zero-order valence-corrected chi connectivity index (χ0v) is 21.0. The maximum atomic E-state index is 15.4. The predicted molar refractivity (Wildman–Crippen MR) is 142 cm³/mol. The van der Waals surface area contributed by atoms with Crippen molar-refractivity contribution in [2.75, 3.05) is 25.1 Å². The molecular formula is C28H27FN6O3. The number of nitrogens with zero attached hydrogens (tertiary/aromatic N) is 5. The maximum Gasteiger partial charge on any atom is 0.156 e. The molecule has 0 radical (unpaired) electrons. The van der Waals surface area contributed by atoms with E-state index in [9.17, 15) is 5.11 Å². The van der Waals surface area contributed by atoms with Crippen molar-refractivity contribution in [1.29, 1.82) is 0 Å². The number of aliphatic hydroxyl groups is 1. The summed E-state index contributed by atoms with van der Waals surface area (Å²) in [5.74, 6) is 0.867. The fraction of sp³-hybridized carbons (Fsp3) is 0.286. The molecule has 9 nitrogen and oxygen atoms in total. The van der Waals surface area contributed by atoms with E-state index in [-0.39, 0.29) is 30.4 Å². The van der Waals surface area contributed by atoms with E-state index in [2.05, 4.69) is 25.4 Å². The van der Waals surface area contributed by atoms with Gasteiger partial charge in [-0.15, -0.1) is 0 Å². The molecule has 0 amide bonds. The van der Waals surface area contributed by atoms with E-state index in [4.69, 9.17) is 9.47 Å². The van der Waals surface area contributed by atoms with Crippen LogP contribution >= 0.6 is 0 Å². The number of ether oxygens (including phenoxy) is 2. The highest BCUT2D eigenvalue weighted by atomic mass is 19.1. The van der Waals surface area contributed by atoms with E-state index >= 15 is 4.39 Å². The highest BCUT2D eigenvalue weighted by Gasteiger charge is 2.28. The average molecular weight is 515 g/mol. The van der Waals surface area contributed by atoms with Gasteiger partial charge in [-0.05, 0) is 55.8 Å². The van der Waals surface area contributed by atoms with Gasteiger partial charge in [0.25, 0.3) is 0 Å². The van der Waals surface area contributed by atoms with Crippen LogP contribution in [0.25, 0.3) is 32.9 Å². The first kappa shape index (κ1) is 24.2. The second-order valence-electron chi connectivity index (χ2n) is 9.57. The van der Waals surface area contributed by atoms with Gasteiger partial charge in [-0.3, -0.25) is 9.67 Å². The number of benzene rings is 2. The van der Waals surface area contributed by atoms with Crippen molar-refractivity contribution < 1.29 is 19.0 Å². The summed E-state index contributed by atoms with van der Waals surface area (Å²) < 4.78 is 29.0. The van der Waals surface area contributed by atoms with E-state index < -0.39 is 5.82 Å². The number of fused-ring (bicyclic) bond motifs is 2. The summed E-state index contributed by atoms with van der Waals surface area (Å²) in [6.07, 6.45) is 6.60. The maximum absolute atomic E-state index is 15.4. The number of aromatic nitrogens is 5. The Morgan fingerprint density at radius 2 is 2.00 bits per heavy atom. The molecule has 2 N–H and O–H groups in total. The van der Waals surface area contributed by atoms with E-state index in [0.717, 1.165) is 11.1 Å². The first-order valence-electron chi connectivity index (χ1n) is 12.5. The van der Waals surface area contributed by atoms with Gasteiger partial charge < -0.3 is 19.9 Å². The minimum Gasteiger partial charge on any atom is -0.489 e. The molecule has 0 saturated carbocycles. The van der Waals surface area contributed by atoms with Crippen molar-refractivity contribution in [3.63, 3.8) is 0 Å². The fourth-order valence-corrected chi connectivity index (χ4v) is 4.48. The Hall–Kier alpha value is -4.15. The van der Waals surface area contributed by atoms with E-state index in [1.54, 1.807) is 41.3 Å². The molecule has 1 aliphatic rings. The number of aliphatic hydroxyl groups excluding tert-OH is 1. The van der Waals surface area contributed by atoms with Gasteiger partial charge in [-0.25, -0.2) is 14.4 Å². The number of anilines is 2. The van der Waals surface area contributed by atoms with Crippen LogP contribution in [0.3, 0.4) is 0 Å². The molecule has 5 aromatic rings. The summed E-state index contributed by atoms with van der Waals surface area (Å²) in [6.45, 7) is 5.17. The lowest BCUT2D eigenvalue weighted by Crippen LogP contribution is -2.39. The number of nitrogens with one attached hydrogen (secondary N) is 1. The van der Waals surface area contributed by atoms with Crippen LogP contribution in [0.5, 0.6) is 5.75 Å². The average Bonchev–Trinajstić information content (AvgIpc) is 3.39. The molecule has 10 heteroatoms. The Labute approximate surface area is 218 Å². The number of pyridine rings is 1. The van der Waals surface area contributed by atoms with Gasteiger partial charge in [0.15, 0.2) is 5.82 Å². The van der Waals surface area contributed by atoms with Crippen molar-refractivity contribution in [1.82, 2.24) is 24.7 Å². The molecule has 2 atom stereocenters. The molecule has 38 heavy (non-hydrogen) atoms. The molecule has 0 aliphatic carbocycles. The van der Waals surface area contributed by atoms with Crippen LogP contribution in [0.4, 0.5) is 15.9 Å². The summed E-state index contributed by atoms with van der Waals surface area (Å²) in [6, 6.07) is 10.5. The van der Waals surface area contributed by atoms with Crippen LogP contribution in [0.1, 0.15) is 19.9 Å². The molecule has 194 valence electrons. The lowest BCUT2D eigenvalue weighted by Gasteiger charge is -2.32. The first-order chi connectivity index (χ1) is 18.5. The van der Waals surface area contributed by atoms with Crippen molar-refractivity contribution in [2.45, 2.75) is 26.0 Å². The van der Waals surface area contributed by atoms with Crippen molar-refractivity contribution in [2.24, 2.45) is 5.92 Å². The monoisotopic (exact) mass is 514 g/mol. The molecular weight excluding hydrogens is 487 g/mol. The molecule has 0 spiro atoms. The van der Waals surface area contributed by atoms with Crippen LogP contribution in [0, 0.1) is 11.7 Å². The van der Waals surface area contributed by atoms with Crippen LogP contribution in [-0.2, 0) is 4.74 Å². The summed E-state index contributed by atoms with van der Waals surface area (Å²) in [5, 5.41) is 18.1. The van der Waals surface area contributed by atoms with Gasteiger partial charge in [0.2, 0.25) is 0 Å². The van der Waals surface area contributed by atoms with Gasteiger partial charge in [0, 0.05) is 29.3 Å². The second-order valence-corrected chi connectivity index (χ2v) is 9.57. The van der Waals surface area contributed by atoms with E-state index in [1.807, 2.05) is 32.2 Å². The smallest absolute Gasteiger partial charge is 0.156 e. The van der Waals surface area contributed by atoms with Crippen LogP contribution in [0.15, 0.2) is 61.3 Å². The van der Waals surface area contributed by atoms with Gasteiger partial charge in [0.05, 0.1) is 54.2 Å². The lowest BCUT2D eigenvalue weighted by molar-refractivity contribution is -0.0773. The molecule has 4 heterocycles. The summed E-state index contributed by atoms with van der Waals surface area (Å²) in [4.78, 5) is 13.2. The summed E-state index contributed by atoms with van der Waals surface area (Å²) >= 11 is 0. The molecule has 3 aromatic heterocycles. The van der Waals surface area contributed by atoms with Crippen LogP contribution in [0.2, 0.25) is 0 Å². The third kappa shape index (κ3) is 4.42. The molecule has 1 aliphatic heterocycles. The SMILES string of the molecule is C[C@@H](Oc1cc(-c2cnn([C@@H](C)CO)c2)cc2ncnc(Nc3ccc4ncccc4c3F)c12)C1COC1. The number of rotatable bonds is 8. The quantitative estimate of drug-likeness (QED) is 0.301. The zero-order valence-electron chi connectivity index (χ0n) is 21.0. The molecule has 0 bridgehead atoms. The molecule has 1 saturated heterocycles. The number of hydrogen-bond donors (Lipinski definition) is 2. The van der Waals surface area contributed by atoms with Crippen LogP contribution < -0.4 is 10.1 Å². The predicted octanol–water partition coefficient (Wildman–Crippen LogP) is 4.89. The number of halogens is 1. The fourth-order valence-electron chi connectivity index (χ4n) is 4.48. The number of hydrogen-bond acceptors (Lipinski definition) is 8. The van der Waals surface area contributed by atoms with E-state index in [0.29, 0.717) is 46.6 Å². The minimum absolute atomic E-state index is 0.0160. The van der Waals surface area contributed by atoms with Gasteiger partial charge in [-0.2, -0.15) is 5.10 Å². The Kier molecular flexibility index (Phi) is 6.34. The molecule has 2 aromatic carbocycles. The van der Waals surface area contributed by atoms with Crippen LogP contribution in [-0.4, -0.2) is 55.8 Å². The summed E-state index contributed by atoms with van der Waals surface area (Å²) in [7, 11) is 0. The standard InChI is InChI=1S/C28H27FN6O3/c1-16(12-36)35-11-19(10-33-35)18-8-24-26(25(9-18)38-17(2)20-13-37-14-20)28(32-15-31-24)34-23-6-5-22-21(27(23)29)4-3-7-30-22/h3-11,15-17,20,36H,12-14H2,1-2H3,(H,31,32,34)/t16-,17+/m0/s1.